The number of rotatable bonds is 2. The van der Waals surface area contributed by atoms with Crippen molar-refractivity contribution in [3.05, 3.63) is 40.6 Å². The van der Waals surface area contributed by atoms with Crippen LogP contribution in [-0.2, 0) is 0 Å². The van der Waals surface area contributed by atoms with Gasteiger partial charge in [0.2, 0.25) is 0 Å². The maximum absolute atomic E-state index is 6.12. The summed E-state index contributed by atoms with van der Waals surface area (Å²) in [5.41, 5.74) is 12.1. The van der Waals surface area contributed by atoms with Crippen LogP contribution in [0.15, 0.2) is 18.2 Å². The quantitative estimate of drug-likeness (QED) is 0.877. The Hall–Kier alpha value is -1.77. The second kappa shape index (κ2) is 3.87. The molecule has 0 radical (unpaired) electrons. The van der Waals surface area contributed by atoms with E-state index in [2.05, 4.69) is 38.0 Å². The van der Waals surface area contributed by atoms with E-state index < -0.39 is 0 Å². The molecule has 1 aromatic heterocycles. The van der Waals surface area contributed by atoms with Gasteiger partial charge in [0.05, 0.1) is 11.4 Å². The van der Waals surface area contributed by atoms with E-state index in [1.165, 1.54) is 29.5 Å². The third-order valence-corrected chi connectivity index (χ3v) is 3.60. The van der Waals surface area contributed by atoms with Crippen LogP contribution in [0, 0.1) is 20.8 Å². The SMILES string of the molecule is Cc1cc(C)c(-n2nc(C3CC3)cc2N)c(C)c1. The third kappa shape index (κ3) is 1.80. The average Bonchev–Trinajstić information content (AvgIpc) is 3.03. The molecule has 0 aliphatic heterocycles. The van der Waals surface area contributed by atoms with Gasteiger partial charge in [-0.1, -0.05) is 17.7 Å². The van der Waals surface area contributed by atoms with Gasteiger partial charge in [-0.2, -0.15) is 5.10 Å². The monoisotopic (exact) mass is 241 g/mol. The maximum atomic E-state index is 6.12. The van der Waals surface area contributed by atoms with Gasteiger partial charge in [-0.25, -0.2) is 4.68 Å². The highest BCUT2D eigenvalue weighted by Gasteiger charge is 2.27. The minimum atomic E-state index is 0.639. The number of aromatic nitrogens is 2. The molecule has 3 heteroatoms. The molecule has 1 aliphatic rings. The van der Waals surface area contributed by atoms with Gasteiger partial charge in [-0.05, 0) is 44.7 Å². The first kappa shape index (κ1) is 11.3. The van der Waals surface area contributed by atoms with E-state index in [1.54, 1.807) is 0 Å². The van der Waals surface area contributed by atoms with Crippen molar-refractivity contribution < 1.29 is 0 Å². The van der Waals surface area contributed by atoms with E-state index in [-0.39, 0.29) is 0 Å². The molecule has 3 rings (SSSR count). The van der Waals surface area contributed by atoms with Gasteiger partial charge in [-0.15, -0.1) is 0 Å². The average molecular weight is 241 g/mol. The molecule has 3 nitrogen and oxygen atoms in total. The number of aryl methyl sites for hydroxylation is 3. The van der Waals surface area contributed by atoms with Crippen molar-refractivity contribution in [2.75, 3.05) is 5.73 Å². The van der Waals surface area contributed by atoms with Gasteiger partial charge >= 0.3 is 0 Å². The Morgan fingerprint density at radius 2 is 1.72 bits per heavy atom. The van der Waals surface area contributed by atoms with Gasteiger partial charge in [0.25, 0.3) is 0 Å². The summed E-state index contributed by atoms with van der Waals surface area (Å²) in [6, 6.07) is 6.39. The van der Waals surface area contributed by atoms with Crippen molar-refractivity contribution in [2.24, 2.45) is 0 Å². The normalized spacial score (nSPS) is 15.1. The molecular formula is C15H19N3. The van der Waals surface area contributed by atoms with Crippen molar-refractivity contribution in [3.8, 4) is 5.69 Å². The summed E-state index contributed by atoms with van der Waals surface area (Å²) < 4.78 is 1.90. The summed E-state index contributed by atoms with van der Waals surface area (Å²) in [4.78, 5) is 0. The fourth-order valence-electron chi connectivity index (χ4n) is 2.68. The molecule has 0 spiro atoms. The first-order valence-corrected chi connectivity index (χ1v) is 6.50. The van der Waals surface area contributed by atoms with Crippen LogP contribution in [0.4, 0.5) is 5.82 Å². The van der Waals surface area contributed by atoms with E-state index in [0.717, 1.165) is 17.2 Å². The van der Waals surface area contributed by atoms with Gasteiger partial charge in [0.15, 0.2) is 0 Å². The summed E-state index contributed by atoms with van der Waals surface area (Å²) in [6.45, 7) is 6.35. The smallest absolute Gasteiger partial charge is 0.127 e. The van der Waals surface area contributed by atoms with Crippen molar-refractivity contribution in [1.29, 1.82) is 0 Å². The predicted molar refractivity (Wildman–Crippen MR) is 74.2 cm³/mol. The second-order valence-corrected chi connectivity index (χ2v) is 5.43. The lowest BCUT2D eigenvalue weighted by atomic mass is 10.1. The zero-order chi connectivity index (χ0) is 12.9. The molecule has 1 heterocycles. The van der Waals surface area contributed by atoms with Gasteiger partial charge < -0.3 is 5.73 Å². The van der Waals surface area contributed by atoms with Crippen LogP contribution in [0.1, 0.15) is 41.1 Å². The van der Waals surface area contributed by atoms with Crippen molar-refractivity contribution in [1.82, 2.24) is 9.78 Å². The summed E-state index contributed by atoms with van der Waals surface area (Å²) in [6.07, 6.45) is 2.50. The molecule has 2 N–H and O–H groups in total. The number of hydrogen-bond acceptors (Lipinski definition) is 2. The van der Waals surface area contributed by atoms with Gasteiger partial charge in [0, 0.05) is 12.0 Å². The Morgan fingerprint density at radius 3 is 2.28 bits per heavy atom. The van der Waals surface area contributed by atoms with Crippen LogP contribution in [-0.4, -0.2) is 9.78 Å². The maximum Gasteiger partial charge on any atom is 0.127 e. The lowest BCUT2D eigenvalue weighted by molar-refractivity contribution is 0.833. The van der Waals surface area contributed by atoms with E-state index in [0.29, 0.717) is 5.92 Å². The van der Waals surface area contributed by atoms with Gasteiger partial charge in [-0.3, -0.25) is 0 Å². The van der Waals surface area contributed by atoms with Crippen molar-refractivity contribution >= 4 is 5.82 Å². The lowest BCUT2D eigenvalue weighted by Gasteiger charge is -2.12. The first-order chi connectivity index (χ1) is 8.56. The van der Waals surface area contributed by atoms with E-state index in [1.807, 2.05) is 10.7 Å². The Labute approximate surface area is 108 Å². The molecule has 0 amide bonds. The first-order valence-electron chi connectivity index (χ1n) is 6.50. The molecule has 18 heavy (non-hydrogen) atoms. The molecule has 94 valence electrons. The van der Waals surface area contributed by atoms with Crippen LogP contribution < -0.4 is 5.73 Å². The number of hydrogen-bond donors (Lipinski definition) is 1. The topological polar surface area (TPSA) is 43.8 Å². The summed E-state index contributed by atoms with van der Waals surface area (Å²) >= 11 is 0. The largest absolute Gasteiger partial charge is 0.384 e. The van der Waals surface area contributed by atoms with Crippen LogP contribution in [0.2, 0.25) is 0 Å². The highest BCUT2D eigenvalue weighted by atomic mass is 15.3. The van der Waals surface area contributed by atoms with E-state index >= 15 is 0 Å². The van der Waals surface area contributed by atoms with Crippen molar-refractivity contribution in [3.63, 3.8) is 0 Å². The minimum Gasteiger partial charge on any atom is -0.384 e. The number of nitrogens with two attached hydrogens (primary N) is 1. The minimum absolute atomic E-state index is 0.639. The number of anilines is 1. The number of nitrogen functional groups attached to an aromatic ring is 1. The third-order valence-electron chi connectivity index (χ3n) is 3.60. The van der Waals surface area contributed by atoms with Crippen LogP contribution in [0.25, 0.3) is 5.69 Å². The Kier molecular flexibility index (Phi) is 2.44. The molecule has 0 bridgehead atoms. The Bertz CT molecular complexity index is 583. The molecule has 1 fully saturated rings. The van der Waals surface area contributed by atoms with E-state index in [4.69, 9.17) is 5.73 Å². The molecule has 0 saturated heterocycles. The highest BCUT2D eigenvalue weighted by molar-refractivity contribution is 5.53. The molecule has 1 saturated carbocycles. The Balaban J connectivity index is 2.14. The predicted octanol–water partition coefficient (Wildman–Crippen LogP) is 3.26. The zero-order valence-electron chi connectivity index (χ0n) is 11.2. The number of benzene rings is 1. The van der Waals surface area contributed by atoms with E-state index in [9.17, 15) is 0 Å². The molecular weight excluding hydrogens is 222 g/mol. The zero-order valence-corrected chi connectivity index (χ0v) is 11.2. The molecule has 1 aliphatic carbocycles. The number of nitrogens with zero attached hydrogens (tertiary/aromatic N) is 2. The fourth-order valence-corrected chi connectivity index (χ4v) is 2.68. The summed E-state index contributed by atoms with van der Waals surface area (Å²) in [7, 11) is 0. The molecule has 1 aromatic carbocycles. The summed E-state index contributed by atoms with van der Waals surface area (Å²) in [5.74, 6) is 1.38. The molecule has 2 aromatic rings. The second-order valence-electron chi connectivity index (χ2n) is 5.43. The lowest BCUT2D eigenvalue weighted by Crippen LogP contribution is -2.06. The van der Waals surface area contributed by atoms with Gasteiger partial charge in [0.1, 0.15) is 5.82 Å². The highest BCUT2D eigenvalue weighted by Crippen LogP contribution is 2.40. The van der Waals surface area contributed by atoms with Crippen LogP contribution in [0.5, 0.6) is 0 Å². The van der Waals surface area contributed by atoms with Crippen molar-refractivity contribution in [2.45, 2.75) is 39.5 Å². The Morgan fingerprint density at radius 1 is 1.11 bits per heavy atom. The van der Waals surface area contributed by atoms with Crippen LogP contribution >= 0.6 is 0 Å². The summed E-state index contributed by atoms with van der Waals surface area (Å²) in [5, 5.41) is 4.69. The van der Waals surface area contributed by atoms with Crippen LogP contribution in [0.3, 0.4) is 0 Å². The molecule has 0 unspecified atom stereocenters. The standard InChI is InChI=1S/C15H19N3/c1-9-6-10(2)15(11(3)7-9)18-14(16)8-13(17-18)12-4-5-12/h6-8,12H,4-5,16H2,1-3H3. The fraction of sp³-hybridized carbons (Fsp3) is 0.400. The molecule has 0 atom stereocenters.